The van der Waals surface area contributed by atoms with Crippen molar-refractivity contribution in [2.24, 2.45) is 0 Å². The summed E-state index contributed by atoms with van der Waals surface area (Å²) in [5.74, 6) is 1.32. The van der Waals surface area contributed by atoms with Crippen LogP contribution in [-0.4, -0.2) is 16.0 Å². The summed E-state index contributed by atoms with van der Waals surface area (Å²) in [4.78, 5) is 11.6. The molecule has 3 nitrogen and oxygen atoms in total. The van der Waals surface area contributed by atoms with E-state index < -0.39 is 0 Å². The standard InChI is InChI=1S/C24H25N3/c1-17(2)20-11-8-19(9-12-20)10-13-22-14-15-25-24(26-22)27-18(3)16-21-6-4-5-7-23(21)27/h4-15,17-18H,16H2,1-3H3/b13-10+. The number of anilines is 2. The second kappa shape index (κ2) is 7.36. The van der Waals surface area contributed by atoms with Crippen molar-refractivity contribution in [1.82, 2.24) is 9.97 Å². The van der Waals surface area contributed by atoms with Gasteiger partial charge in [-0.05, 0) is 54.2 Å². The highest BCUT2D eigenvalue weighted by molar-refractivity contribution is 5.70. The van der Waals surface area contributed by atoms with E-state index >= 15 is 0 Å². The first-order chi connectivity index (χ1) is 13.1. The molecule has 1 atom stereocenters. The van der Waals surface area contributed by atoms with Crippen molar-refractivity contribution < 1.29 is 0 Å². The van der Waals surface area contributed by atoms with E-state index in [4.69, 9.17) is 4.98 Å². The normalized spacial score (nSPS) is 16.3. The van der Waals surface area contributed by atoms with E-state index in [2.05, 4.69) is 91.3 Å². The lowest BCUT2D eigenvalue weighted by Crippen LogP contribution is -2.25. The van der Waals surface area contributed by atoms with Crippen LogP contribution in [0.4, 0.5) is 11.6 Å². The molecule has 4 rings (SSSR count). The van der Waals surface area contributed by atoms with Gasteiger partial charge in [0.15, 0.2) is 0 Å². The van der Waals surface area contributed by atoms with Gasteiger partial charge in [0.05, 0.1) is 5.69 Å². The first kappa shape index (κ1) is 17.5. The maximum atomic E-state index is 4.79. The molecule has 0 bridgehead atoms. The molecule has 1 unspecified atom stereocenters. The molecular formula is C24H25N3. The van der Waals surface area contributed by atoms with Gasteiger partial charge in [-0.15, -0.1) is 0 Å². The van der Waals surface area contributed by atoms with E-state index in [1.807, 2.05) is 12.3 Å². The Morgan fingerprint density at radius 2 is 1.78 bits per heavy atom. The molecule has 0 saturated carbocycles. The average Bonchev–Trinajstić information content (AvgIpc) is 3.02. The van der Waals surface area contributed by atoms with Gasteiger partial charge in [-0.3, -0.25) is 0 Å². The first-order valence-corrected chi connectivity index (χ1v) is 9.60. The van der Waals surface area contributed by atoms with E-state index in [0.717, 1.165) is 18.1 Å². The second-order valence-electron chi connectivity index (χ2n) is 7.49. The third kappa shape index (κ3) is 3.63. The summed E-state index contributed by atoms with van der Waals surface area (Å²) in [7, 11) is 0. The molecule has 3 heteroatoms. The topological polar surface area (TPSA) is 29.0 Å². The van der Waals surface area contributed by atoms with Gasteiger partial charge in [-0.1, -0.05) is 62.4 Å². The van der Waals surface area contributed by atoms with Crippen molar-refractivity contribution >= 4 is 23.8 Å². The molecule has 27 heavy (non-hydrogen) atoms. The van der Waals surface area contributed by atoms with Crippen LogP contribution < -0.4 is 4.90 Å². The number of benzene rings is 2. The van der Waals surface area contributed by atoms with Crippen molar-refractivity contribution in [3.8, 4) is 0 Å². The van der Waals surface area contributed by atoms with Crippen LogP contribution in [0, 0.1) is 0 Å². The fraction of sp³-hybridized carbons (Fsp3) is 0.250. The molecule has 0 amide bonds. The minimum Gasteiger partial charge on any atom is -0.307 e. The Morgan fingerprint density at radius 3 is 2.56 bits per heavy atom. The molecule has 0 aliphatic carbocycles. The third-order valence-corrected chi connectivity index (χ3v) is 5.14. The summed E-state index contributed by atoms with van der Waals surface area (Å²) >= 11 is 0. The third-order valence-electron chi connectivity index (χ3n) is 5.14. The van der Waals surface area contributed by atoms with Crippen LogP contribution in [0.5, 0.6) is 0 Å². The number of para-hydroxylation sites is 1. The lowest BCUT2D eigenvalue weighted by atomic mass is 10.0. The minimum atomic E-state index is 0.366. The van der Waals surface area contributed by atoms with Crippen LogP contribution in [0.15, 0.2) is 60.8 Å². The number of hydrogen-bond donors (Lipinski definition) is 0. The molecule has 0 saturated heterocycles. The van der Waals surface area contributed by atoms with E-state index in [1.165, 1.54) is 22.4 Å². The van der Waals surface area contributed by atoms with Gasteiger partial charge in [0.1, 0.15) is 0 Å². The molecular weight excluding hydrogens is 330 g/mol. The number of hydrogen-bond acceptors (Lipinski definition) is 3. The zero-order valence-electron chi connectivity index (χ0n) is 16.1. The smallest absolute Gasteiger partial charge is 0.230 e. The van der Waals surface area contributed by atoms with Crippen LogP contribution in [0.1, 0.15) is 49.1 Å². The molecule has 2 heterocycles. The monoisotopic (exact) mass is 355 g/mol. The molecule has 0 N–H and O–H groups in total. The van der Waals surface area contributed by atoms with Gasteiger partial charge in [0.2, 0.25) is 5.95 Å². The molecule has 0 radical (unpaired) electrons. The van der Waals surface area contributed by atoms with E-state index in [1.54, 1.807) is 0 Å². The molecule has 1 aromatic heterocycles. The summed E-state index contributed by atoms with van der Waals surface area (Å²) in [5, 5.41) is 0. The highest BCUT2D eigenvalue weighted by Gasteiger charge is 2.28. The van der Waals surface area contributed by atoms with Crippen LogP contribution in [0.3, 0.4) is 0 Å². The van der Waals surface area contributed by atoms with E-state index in [0.29, 0.717) is 12.0 Å². The highest BCUT2D eigenvalue weighted by Crippen LogP contribution is 2.36. The van der Waals surface area contributed by atoms with Crippen molar-refractivity contribution in [3.05, 3.63) is 83.2 Å². The van der Waals surface area contributed by atoms with Crippen molar-refractivity contribution in [2.45, 2.75) is 39.2 Å². The largest absolute Gasteiger partial charge is 0.307 e. The Bertz CT molecular complexity index is 957. The van der Waals surface area contributed by atoms with Crippen molar-refractivity contribution in [2.75, 3.05) is 4.90 Å². The fourth-order valence-electron chi connectivity index (χ4n) is 3.61. The minimum absolute atomic E-state index is 0.366. The predicted octanol–water partition coefficient (Wildman–Crippen LogP) is 5.85. The van der Waals surface area contributed by atoms with Gasteiger partial charge in [0, 0.05) is 17.9 Å². The number of fused-ring (bicyclic) bond motifs is 1. The quantitative estimate of drug-likeness (QED) is 0.587. The van der Waals surface area contributed by atoms with E-state index in [-0.39, 0.29) is 0 Å². The van der Waals surface area contributed by atoms with Gasteiger partial charge >= 0.3 is 0 Å². The predicted molar refractivity (Wildman–Crippen MR) is 113 cm³/mol. The maximum absolute atomic E-state index is 4.79. The number of rotatable bonds is 4. The van der Waals surface area contributed by atoms with E-state index in [9.17, 15) is 0 Å². The van der Waals surface area contributed by atoms with Gasteiger partial charge in [-0.2, -0.15) is 0 Å². The molecule has 1 aliphatic rings. The van der Waals surface area contributed by atoms with Crippen LogP contribution in [0.25, 0.3) is 12.2 Å². The number of aromatic nitrogens is 2. The molecule has 0 fully saturated rings. The number of nitrogens with zero attached hydrogens (tertiary/aromatic N) is 3. The average molecular weight is 355 g/mol. The van der Waals surface area contributed by atoms with Gasteiger partial charge in [-0.25, -0.2) is 9.97 Å². The van der Waals surface area contributed by atoms with Crippen LogP contribution >= 0.6 is 0 Å². The Morgan fingerprint density at radius 1 is 1.00 bits per heavy atom. The zero-order valence-corrected chi connectivity index (χ0v) is 16.1. The van der Waals surface area contributed by atoms with Crippen molar-refractivity contribution in [3.63, 3.8) is 0 Å². The lowest BCUT2D eigenvalue weighted by Gasteiger charge is -2.22. The molecule has 2 aromatic carbocycles. The second-order valence-corrected chi connectivity index (χ2v) is 7.49. The van der Waals surface area contributed by atoms with Gasteiger partial charge < -0.3 is 4.90 Å². The summed E-state index contributed by atoms with van der Waals surface area (Å²) in [6, 6.07) is 19.5. The summed E-state index contributed by atoms with van der Waals surface area (Å²) in [6.45, 7) is 6.65. The summed E-state index contributed by atoms with van der Waals surface area (Å²) in [5.41, 5.74) is 6.04. The van der Waals surface area contributed by atoms with Crippen LogP contribution in [0.2, 0.25) is 0 Å². The molecule has 0 spiro atoms. The highest BCUT2D eigenvalue weighted by atomic mass is 15.3. The summed E-state index contributed by atoms with van der Waals surface area (Å²) < 4.78 is 0. The lowest BCUT2D eigenvalue weighted by molar-refractivity contribution is 0.739. The summed E-state index contributed by atoms with van der Waals surface area (Å²) in [6.07, 6.45) is 7.04. The Labute approximate surface area is 161 Å². The van der Waals surface area contributed by atoms with Crippen LogP contribution in [-0.2, 0) is 6.42 Å². The first-order valence-electron chi connectivity index (χ1n) is 9.60. The molecule has 1 aliphatic heterocycles. The maximum Gasteiger partial charge on any atom is 0.230 e. The SMILES string of the molecule is CC(C)c1ccc(/C=C/c2ccnc(N3c4ccccc4CC3C)n2)cc1. The fourth-order valence-corrected chi connectivity index (χ4v) is 3.61. The van der Waals surface area contributed by atoms with Crippen molar-refractivity contribution in [1.29, 1.82) is 0 Å². The Hall–Kier alpha value is -2.94. The molecule has 3 aromatic rings. The molecule has 136 valence electrons. The zero-order chi connectivity index (χ0) is 18.8. The Kier molecular flexibility index (Phi) is 4.76. The van der Waals surface area contributed by atoms with Gasteiger partial charge in [0.25, 0.3) is 0 Å². The Balaban J connectivity index is 1.58.